The summed E-state index contributed by atoms with van der Waals surface area (Å²) in [5, 5.41) is 3.78. The molecule has 0 saturated carbocycles. The number of benzene rings is 1. The van der Waals surface area contributed by atoms with Gasteiger partial charge in [0.15, 0.2) is 5.43 Å². The zero-order valence-corrected chi connectivity index (χ0v) is 11.3. The van der Waals surface area contributed by atoms with E-state index in [0.717, 1.165) is 27.8 Å². The van der Waals surface area contributed by atoms with Gasteiger partial charge in [-0.2, -0.15) is 0 Å². The highest BCUT2D eigenvalue weighted by atomic mass is 16.1. The molecule has 0 saturated heterocycles. The Hall–Kier alpha value is -1.81. The van der Waals surface area contributed by atoms with E-state index in [-0.39, 0.29) is 5.43 Å². The summed E-state index contributed by atoms with van der Waals surface area (Å²) in [5.74, 6) is 0. The van der Waals surface area contributed by atoms with Gasteiger partial charge in [0.25, 0.3) is 0 Å². The van der Waals surface area contributed by atoms with Crippen molar-refractivity contribution in [2.75, 3.05) is 26.0 Å². The summed E-state index contributed by atoms with van der Waals surface area (Å²) in [6, 6.07) is 5.91. The molecule has 1 aromatic carbocycles. The number of nitrogens with zero attached hydrogens (tertiary/aromatic N) is 1. The van der Waals surface area contributed by atoms with Crippen LogP contribution in [0, 0.1) is 6.92 Å². The average Bonchev–Trinajstić information content (AvgIpc) is 2.34. The Bertz CT molecular complexity index is 629. The number of anilines is 1. The zero-order chi connectivity index (χ0) is 13.3. The lowest BCUT2D eigenvalue weighted by Gasteiger charge is -2.14. The van der Waals surface area contributed by atoms with Gasteiger partial charge in [-0.1, -0.05) is 0 Å². The van der Waals surface area contributed by atoms with E-state index in [1.165, 1.54) is 0 Å². The summed E-state index contributed by atoms with van der Waals surface area (Å²) in [4.78, 5) is 17.7. The maximum Gasteiger partial charge on any atom is 0.194 e. The summed E-state index contributed by atoms with van der Waals surface area (Å²) in [7, 11) is 5.79. The number of pyridine rings is 1. The second-order valence-corrected chi connectivity index (χ2v) is 4.71. The molecule has 2 rings (SSSR count). The number of hydrogen-bond donors (Lipinski definition) is 2. The Morgan fingerprint density at radius 1 is 1.33 bits per heavy atom. The largest absolute Gasteiger partial charge is 0.378 e. The lowest BCUT2D eigenvalue weighted by Crippen LogP contribution is -2.19. The highest BCUT2D eigenvalue weighted by Crippen LogP contribution is 2.18. The van der Waals surface area contributed by atoms with Gasteiger partial charge in [0.05, 0.1) is 0 Å². The van der Waals surface area contributed by atoms with Crippen molar-refractivity contribution in [3.8, 4) is 0 Å². The monoisotopic (exact) mass is 245 g/mol. The molecular formula is C14H19N3O. The molecule has 4 heteroatoms. The number of aromatic amines is 1. The van der Waals surface area contributed by atoms with Crippen LogP contribution in [-0.2, 0) is 6.54 Å². The summed E-state index contributed by atoms with van der Waals surface area (Å²) in [6.45, 7) is 2.52. The average molecular weight is 245 g/mol. The summed E-state index contributed by atoms with van der Waals surface area (Å²) < 4.78 is 0. The van der Waals surface area contributed by atoms with Crippen LogP contribution in [0.4, 0.5) is 5.69 Å². The number of nitrogens with one attached hydrogen (secondary N) is 2. The van der Waals surface area contributed by atoms with Crippen molar-refractivity contribution >= 4 is 16.6 Å². The standard InChI is InChI=1S/C14H19N3O/c1-9-12(8-15-2)14(18)11-7-10(17(3)4)5-6-13(11)16-9/h5-7,15H,8H2,1-4H3,(H,16,18). The summed E-state index contributed by atoms with van der Waals surface area (Å²) >= 11 is 0. The van der Waals surface area contributed by atoms with Crippen LogP contribution in [0.1, 0.15) is 11.3 Å². The van der Waals surface area contributed by atoms with E-state index in [0.29, 0.717) is 6.54 Å². The molecule has 4 nitrogen and oxygen atoms in total. The van der Waals surface area contributed by atoms with Crippen LogP contribution in [0.25, 0.3) is 10.9 Å². The Kier molecular flexibility index (Phi) is 3.39. The second-order valence-electron chi connectivity index (χ2n) is 4.71. The van der Waals surface area contributed by atoms with E-state index in [9.17, 15) is 4.79 Å². The number of H-pyrrole nitrogens is 1. The number of aromatic nitrogens is 1. The zero-order valence-electron chi connectivity index (χ0n) is 11.3. The molecule has 0 aliphatic carbocycles. The van der Waals surface area contributed by atoms with Gasteiger partial charge in [-0.3, -0.25) is 4.79 Å². The van der Waals surface area contributed by atoms with Crippen molar-refractivity contribution in [2.45, 2.75) is 13.5 Å². The Balaban J connectivity index is 2.73. The molecule has 0 radical (unpaired) electrons. The van der Waals surface area contributed by atoms with E-state index in [1.54, 1.807) is 0 Å². The van der Waals surface area contributed by atoms with E-state index >= 15 is 0 Å². The lowest BCUT2D eigenvalue weighted by molar-refractivity contribution is 0.802. The predicted molar refractivity (Wildman–Crippen MR) is 76.4 cm³/mol. The van der Waals surface area contributed by atoms with E-state index in [1.807, 2.05) is 51.2 Å². The molecule has 0 atom stereocenters. The number of fused-ring (bicyclic) bond motifs is 1. The molecule has 0 spiro atoms. The van der Waals surface area contributed by atoms with Gasteiger partial charge in [-0.05, 0) is 32.2 Å². The number of rotatable bonds is 3. The predicted octanol–water partition coefficient (Wildman–Crippen LogP) is 1.62. The maximum atomic E-state index is 12.4. The van der Waals surface area contributed by atoms with E-state index < -0.39 is 0 Å². The van der Waals surface area contributed by atoms with Gasteiger partial charge in [0.2, 0.25) is 0 Å². The van der Waals surface area contributed by atoms with Gasteiger partial charge in [-0.25, -0.2) is 0 Å². The van der Waals surface area contributed by atoms with Crippen LogP contribution < -0.4 is 15.6 Å². The van der Waals surface area contributed by atoms with Crippen LogP contribution in [-0.4, -0.2) is 26.1 Å². The fourth-order valence-electron chi connectivity index (χ4n) is 2.11. The van der Waals surface area contributed by atoms with Gasteiger partial charge in [0, 0.05) is 48.5 Å². The van der Waals surface area contributed by atoms with Crippen LogP contribution in [0.15, 0.2) is 23.0 Å². The van der Waals surface area contributed by atoms with Crippen molar-refractivity contribution < 1.29 is 0 Å². The molecule has 2 N–H and O–H groups in total. The van der Waals surface area contributed by atoms with Gasteiger partial charge < -0.3 is 15.2 Å². The molecule has 0 unspecified atom stereocenters. The van der Waals surface area contributed by atoms with Crippen molar-refractivity contribution in [1.82, 2.24) is 10.3 Å². The smallest absolute Gasteiger partial charge is 0.194 e. The highest BCUT2D eigenvalue weighted by Gasteiger charge is 2.09. The van der Waals surface area contributed by atoms with Crippen LogP contribution in [0.3, 0.4) is 0 Å². The van der Waals surface area contributed by atoms with Gasteiger partial charge in [0.1, 0.15) is 0 Å². The first kappa shape index (κ1) is 12.6. The molecule has 96 valence electrons. The second kappa shape index (κ2) is 4.82. The fourth-order valence-corrected chi connectivity index (χ4v) is 2.11. The number of hydrogen-bond acceptors (Lipinski definition) is 3. The first-order valence-corrected chi connectivity index (χ1v) is 6.02. The van der Waals surface area contributed by atoms with Crippen LogP contribution in [0.5, 0.6) is 0 Å². The quantitative estimate of drug-likeness (QED) is 0.864. The van der Waals surface area contributed by atoms with E-state index in [4.69, 9.17) is 0 Å². The van der Waals surface area contributed by atoms with Gasteiger partial charge in [-0.15, -0.1) is 0 Å². The molecule has 18 heavy (non-hydrogen) atoms. The molecule has 1 aromatic heterocycles. The molecule has 1 heterocycles. The first-order valence-electron chi connectivity index (χ1n) is 6.02. The third kappa shape index (κ3) is 2.11. The molecular weight excluding hydrogens is 226 g/mol. The van der Waals surface area contributed by atoms with Gasteiger partial charge >= 0.3 is 0 Å². The van der Waals surface area contributed by atoms with Crippen molar-refractivity contribution in [1.29, 1.82) is 0 Å². The highest BCUT2D eigenvalue weighted by molar-refractivity contribution is 5.83. The molecule has 0 aliphatic heterocycles. The lowest BCUT2D eigenvalue weighted by atomic mass is 10.1. The summed E-state index contributed by atoms with van der Waals surface area (Å²) in [6.07, 6.45) is 0. The van der Waals surface area contributed by atoms with E-state index in [2.05, 4.69) is 10.3 Å². The third-order valence-corrected chi connectivity index (χ3v) is 3.17. The first-order chi connectivity index (χ1) is 8.54. The summed E-state index contributed by atoms with van der Waals surface area (Å²) in [5.41, 5.74) is 3.77. The molecule has 0 aliphatic rings. The molecule has 0 fully saturated rings. The molecule has 2 aromatic rings. The third-order valence-electron chi connectivity index (χ3n) is 3.17. The minimum Gasteiger partial charge on any atom is -0.378 e. The molecule has 0 bridgehead atoms. The van der Waals surface area contributed by atoms with Crippen molar-refractivity contribution in [3.63, 3.8) is 0 Å². The van der Waals surface area contributed by atoms with Crippen molar-refractivity contribution in [3.05, 3.63) is 39.7 Å². The normalized spacial score (nSPS) is 10.9. The van der Waals surface area contributed by atoms with Crippen LogP contribution in [0.2, 0.25) is 0 Å². The SMILES string of the molecule is CNCc1c(C)[nH]c2ccc(N(C)C)cc2c1=O. The minimum atomic E-state index is 0.110. The fraction of sp³-hybridized carbons (Fsp3) is 0.357. The Morgan fingerprint density at radius 3 is 2.67 bits per heavy atom. The van der Waals surface area contributed by atoms with Crippen molar-refractivity contribution in [2.24, 2.45) is 0 Å². The van der Waals surface area contributed by atoms with Crippen LogP contribution >= 0.6 is 0 Å². The molecule has 0 amide bonds. The topological polar surface area (TPSA) is 48.1 Å². The Morgan fingerprint density at radius 2 is 2.06 bits per heavy atom. The maximum absolute atomic E-state index is 12.4. The minimum absolute atomic E-state index is 0.110. The number of aryl methyl sites for hydroxylation is 1. The Labute approximate surface area is 107 Å².